The van der Waals surface area contributed by atoms with Gasteiger partial charge in [-0.1, -0.05) is 25.1 Å². The van der Waals surface area contributed by atoms with Crippen molar-refractivity contribution in [3.8, 4) is 11.5 Å². The Kier molecular flexibility index (Phi) is 5.74. The smallest absolute Gasteiger partial charge is 0.258 e. The fraction of sp³-hybridized carbons (Fsp3) is 0.409. The first kappa shape index (κ1) is 20.0. The third-order valence-electron chi connectivity index (χ3n) is 5.21. The van der Waals surface area contributed by atoms with E-state index in [2.05, 4.69) is 30.3 Å². The van der Waals surface area contributed by atoms with Crippen LogP contribution in [-0.2, 0) is 4.79 Å². The monoisotopic (exact) mass is 406 g/mol. The van der Waals surface area contributed by atoms with Gasteiger partial charge in [0.1, 0.15) is 11.6 Å². The van der Waals surface area contributed by atoms with Gasteiger partial charge in [-0.15, -0.1) is 0 Å². The molecule has 0 saturated carbocycles. The molecule has 4 heterocycles. The van der Waals surface area contributed by atoms with Crippen LogP contribution < -0.4 is 10.2 Å². The highest BCUT2D eigenvalue weighted by Gasteiger charge is 2.27. The van der Waals surface area contributed by atoms with Gasteiger partial charge in [0.25, 0.3) is 5.89 Å². The summed E-state index contributed by atoms with van der Waals surface area (Å²) < 4.78 is 5.41. The Morgan fingerprint density at radius 2 is 2.13 bits per heavy atom. The Balaban J connectivity index is 1.47. The summed E-state index contributed by atoms with van der Waals surface area (Å²) in [6, 6.07) is 9.41. The molecule has 1 N–H and O–H groups in total. The first-order chi connectivity index (χ1) is 14.5. The van der Waals surface area contributed by atoms with Crippen LogP contribution in [0.4, 0.5) is 11.6 Å². The van der Waals surface area contributed by atoms with E-state index in [-0.39, 0.29) is 17.7 Å². The number of nitrogens with zero attached hydrogens (tertiary/aromatic N) is 5. The highest BCUT2D eigenvalue weighted by atomic mass is 16.5. The van der Waals surface area contributed by atoms with Gasteiger partial charge in [0.2, 0.25) is 5.91 Å². The fourth-order valence-electron chi connectivity index (χ4n) is 3.55. The summed E-state index contributed by atoms with van der Waals surface area (Å²) in [5.74, 6) is 2.64. The molecule has 3 aromatic rings. The summed E-state index contributed by atoms with van der Waals surface area (Å²) in [5.41, 5.74) is 1.70. The first-order valence-corrected chi connectivity index (χ1v) is 10.3. The summed E-state index contributed by atoms with van der Waals surface area (Å²) in [5, 5.41) is 6.98. The van der Waals surface area contributed by atoms with Crippen molar-refractivity contribution in [2.75, 3.05) is 23.3 Å². The molecule has 156 valence electrons. The minimum Gasteiger partial charge on any atom is -0.356 e. The summed E-state index contributed by atoms with van der Waals surface area (Å²) in [4.78, 5) is 28.3. The van der Waals surface area contributed by atoms with Crippen LogP contribution in [0.5, 0.6) is 0 Å². The molecule has 8 nitrogen and oxygen atoms in total. The number of anilines is 2. The van der Waals surface area contributed by atoms with Crippen LogP contribution in [0.15, 0.2) is 41.1 Å². The van der Waals surface area contributed by atoms with Gasteiger partial charge >= 0.3 is 0 Å². The van der Waals surface area contributed by atoms with Crippen LogP contribution >= 0.6 is 0 Å². The van der Waals surface area contributed by atoms with Crippen molar-refractivity contribution < 1.29 is 9.32 Å². The number of hydrogen-bond acceptors (Lipinski definition) is 7. The molecule has 1 aliphatic heterocycles. The maximum absolute atomic E-state index is 12.8. The van der Waals surface area contributed by atoms with Crippen molar-refractivity contribution >= 4 is 17.5 Å². The summed E-state index contributed by atoms with van der Waals surface area (Å²) in [7, 11) is 0. The molecule has 0 aromatic carbocycles. The van der Waals surface area contributed by atoms with E-state index in [0.717, 1.165) is 36.5 Å². The average Bonchev–Trinajstić information content (AvgIpc) is 3.25. The number of rotatable bonds is 5. The predicted octanol–water partition coefficient (Wildman–Crippen LogP) is 3.81. The number of amides is 1. The zero-order valence-electron chi connectivity index (χ0n) is 17.5. The minimum absolute atomic E-state index is 0.00701. The molecule has 3 aromatic heterocycles. The van der Waals surface area contributed by atoms with Crippen molar-refractivity contribution in [3.05, 3.63) is 48.0 Å². The molecule has 8 heteroatoms. The lowest BCUT2D eigenvalue weighted by atomic mass is 9.97. The van der Waals surface area contributed by atoms with Crippen molar-refractivity contribution in [2.45, 2.75) is 39.5 Å². The largest absolute Gasteiger partial charge is 0.356 e. The third-order valence-corrected chi connectivity index (χ3v) is 5.21. The normalized spacial score (nSPS) is 16.7. The molecule has 0 bridgehead atoms. The maximum Gasteiger partial charge on any atom is 0.258 e. The number of aryl methyl sites for hydroxylation is 1. The number of carbonyl (C=O) groups is 1. The van der Waals surface area contributed by atoms with Gasteiger partial charge in [0, 0.05) is 36.5 Å². The van der Waals surface area contributed by atoms with Gasteiger partial charge in [-0.2, -0.15) is 4.98 Å². The van der Waals surface area contributed by atoms with Gasteiger partial charge < -0.3 is 14.7 Å². The lowest BCUT2D eigenvalue weighted by Crippen LogP contribution is -2.41. The second-order valence-electron chi connectivity index (χ2n) is 7.95. The standard InChI is InChI=1S/C22H26N6O2/c1-14(2)20-26-22(30-27-20)16-9-10-23-19(12-16)28-11-5-7-17(13-28)21(29)25-18-8-4-6-15(3)24-18/h4,6,8-10,12,14,17H,5,7,11,13H2,1-3H3,(H,24,25,29). The highest BCUT2D eigenvalue weighted by molar-refractivity contribution is 5.92. The zero-order chi connectivity index (χ0) is 21.1. The van der Waals surface area contributed by atoms with E-state index in [9.17, 15) is 4.79 Å². The van der Waals surface area contributed by atoms with E-state index < -0.39 is 0 Å². The van der Waals surface area contributed by atoms with Crippen molar-refractivity contribution in [1.29, 1.82) is 0 Å². The second-order valence-corrected chi connectivity index (χ2v) is 7.95. The van der Waals surface area contributed by atoms with Gasteiger partial charge in [-0.05, 0) is 44.0 Å². The molecule has 1 aliphatic rings. The van der Waals surface area contributed by atoms with E-state index in [1.807, 2.05) is 51.1 Å². The van der Waals surface area contributed by atoms with Gasteiger partial charge in [-0.3, -0.25) is 4.79 Å². The lowest BCUT2D eigenvalue weighted by Gasteiger charge is -2.32. The molecule has 1 fully saturated rings. The van der Waals surface area contributed by atoms with E-state index >= 15 is 0 Å². The van der Waals surface area contributed by atoms with Crippen LogP contribution in [0.2, 0.25) is 0 Å². The second kappa shape index (κ2) is 8.61. The van der Waals surface area contributed by atoms with E-state index in [1.165, 1.54) is 0 Å². The van der Waals surface area contributed by atoms with Crippen molar-refractivity contribution in [1.82, 2.24) is 20.1 Å². The Morgan fingerprint density at radius 3 is 2.90 bits per heavy atom. The van der Waals surface area contributed by atoms with Crippen molar-refractivity contribution in [3.63, 3.8) is 0 Å². The number of hydrogen-bond donors (Lipinski definition) is 1. The van der Waals surface area contributed by atoms with Crippen LogP contribution in [0, 0.1) is 12.8 Å². The predicted molar refractivity (Wildman–Crippen MR) is 114 cm³/mol. The summed E-state index contributed by atoms with van der Waals surface area (Å²) in [6.07, 6.45) is 3.50. The molecule has 1 unspecified atom stereocenters. The number of nitrogens with one attached hydrogen (secondary N) is 1. The average molecular weight is 406 g/mol. The van der Waals surface area contributed by atoms with Crippen molar-refractivity contribution in [2.24, 2.45) is 5.92 Å². The van der Waals surface area contributed by atoms with Gasteiger partial charge in [0.05, 0.1) is 5.92 Å². The number of piperidine rings is 1. The Morgan fingerprint density at radius 1 is 1.27 bits per heavy atom. The van der Waals surface area contributed by atoms with E-state index in [4.69, 9.17) is 4.52 Å². The van der Waals surface area contributed by atoms with E-state index in [1.54, 1.807) is 6.20 Å². The Hall–Kier alpha value is -3.29. The van der Waals surface area contributed by atoms with Gasteiger partial charge in [0.15, 0.2) is 5.82 Å². The van der Waals surface area contributed by atoms with Crippen LogP contribution in [0.1, 0.15) is 44.1 Å². The quantitative estimate of drug-likeness (QED) is 0.688. The van der Waals surface area contributed by atoms with Crippen LogP contribution in [0.3, 0.4) is 0 Å². The molecular formula is C22H26N6O2. The van der Waals surface area contributed by atoms with Crippen LogP contribution in [-0.4, -0.2) is 39.1 Å². The summed E-state index contributed by atoms with van der Waals surface area (Å²) in [6.45, 7) is 7.42. The molecule has 1 saturated heterocycles. The van der Waals surface area contributed by atoms with E-state index in [0.29, 0.717) is 24.1 Å². The SMILES string of the molecule is Cc1cccc(NC(=O)C2CCCN(c3cc(-c4nc(C(C)C)no4)ccn3)C2)n1. The molecule has 0 spiro atoms. The highest BCUT2D eigenvalue weighted by Crippen LogP contribution is 2.27. The molecule has 0 aliphatic carbocycles. The zero-order valence-corrected chi connectivity index (χ0v) is 17.5. The topological polar surface area (TPSA) is 97.0 Å². The number of carbonyl (C=O) groups excluding carboxylic acids is 1. The Labute approximate surface area is 175 Å². The fourth-order valence-corrected chi connectivity index (χ4v) is 3.55. The summed E-state index contributed by atoms with van der Waals surface area (Å²) >= 11 is 0. The molecule has 4 rings (SSSR count). The molecule has 1 atom stereocenters. The minimum atomic E-state index is -0.123. The number of aromatic nitrogens is 4. The Bertz CT molecular complexity index is 1030. The molecule has 1 amide bonds. The third kappa shape index (κ3) is 4.48. The molecule has 0 radical (unpaired) electrons. The first-order valence-electron chi connectivity index (χ1n) is 10.3. The molecule has 30 heavy (non-hydrogen) atoms. The van der Waals surface area contributed by atoms with Gasteiger partial charge in [-0.25, -0.2) is 9.97 Å². The van der Waals surface area contributed by atoms with Crippen LogP contribution in [0.25, 0.3) is 11.5 Å². The number of pyridine rings is 2. The lowest BCUT2D eigenvalue weighted by molar-refractivity contribution is -0.120. The maximum atomic E-state index is 12.8. The molecular weight excluding hydrogens is 380 g/mol.